The lowest BCUT2D eigenvalue weighted by Gasteiger charge is -2.17. The fraction of sp³-hybridized carbons (Fsp3) is 0.615. The maximum Gasteiger partial charge on any atom is 0.264 e. The Bertz CT molecular complexity index is 428. The molecule has 0 radical (unpaired) electrons. The summed E-state index contributed by atoms with van der Waals surface area (Å²) in [5, 5.41) is 0. The SMILES string of the molecule is Cc1ccc(C(=O)N2C[C@@H]3C[C@@H](C)O[C@@H]3C2)s1. The molecule has 2 aliphatic heterocycles. The zero-order chi connectivity index (χ0) is 12.0. The minimum Gasteiger partial charge on any atom is -0.373 e. The van der Waals surface area contributed by atoms with Crippen molar-refractivity contribution >= 4 is 17.2 Å². The first-order chi connectivity index (χ1) is 8.13. The lowest BCUT2D eigenvalue weighted by Crippen LogP contribution is -2.30. The summed E-state index contributed by atoms with van der Waals surface area (Å²) in [6.45, 7) is 5.79. The molecule has 1 amide bonds. The van der Waals surface area contributed by atoms with Crippen LogP contribution in [0.25, 0.3) is 0 Å². The Morgan fingerprint density at radius 2 is 2.29 bits per heavy atom. The van der Waals surface area contributed by atoms with Gasteiger partial charge in [0, 0.05) is 23.9 Å². The molecule has 3 rings (SSSR count). The standard InChI is InChI=1S/C13H17NO2S/c1-8-5-10-6-14(7-11(10)16-8)13(15)12-4-3-9(2)17-12/h3-4,8,10-11H,5-7H2,1-2H3/t8-,10+,11-/m1/s1. The summed E-state index contributed by atoms with van der Waals surface area (Å²) in [5.74, 6) is 0.726. The van der Waals surface area contributed by atoms with Crippen molar-refractivity contribution in [2.75, 3.05) is 13.1 Å². The van der Waals surface area contributed by atoms with Crippen LogP contribution < -0.4 is 0 Å². The Balaban J connectivity index is 1.70. The molecule has 2 fully saturated rings. The van der Waals surface area contributed by atoms with Gasteiger partial charge in [-0.25, -0.2) is 0 Å². The Hall–Kier alpha value is -0.870. The molecule has 0 aliphatic carbocycles. The van der Waals surface area contributed by atoms with Crippen LogP contribution in [0.1, 0.15) is 27.9 Å². The molecule has 0 spiro atoms. The quantitative estimate of drug-likeness (QED) is 0.766. The van der Waals surface area contributed by atoms with Gasteiger partial charge in [0.05, 0.1) is 17.1 Å². The van der Waals surface area contributed by atoms with Crippen LogP contribution in [0.3, 0.4) is 0 Å². The average Bonchev–Trinajstić information content (AvgIpc) is 2.90. The number of amides is 1. The third-order valence-electron chi connectivity index (χ3n) is 3.66. The van der Waals surface area contributed by atoms with E-state index < -0.39 is 0 Å². The minimum absolute atomic E-state index is 0.175. The van der Waals surface area contributed by atoms with E-state index in [0.29, 0.717) is 12.0 Å². The number of hydrogen-bond acceptors (Lipinski definition) is 3. The number of carbonyl (C=O) groups is 1. The number of rotatable bonds is 1. The van der Waals surface area contributed by atoms with E-state index in [1.54, 1.807) is 11.3 Å². The summed E-state index contributed by atoms with van der Waals surface area (Å²) in [6, 6.07) is 3.94. The maximum atomic E-state index is 12.3. The molecule has 17 heavy (non-hydrogen) atoms. The molecule has 1 aromatic rings. The van der Waals surface area contributed by atoms with Crippen LogP contribution in [0.2, 0.25) is 0 Å². The van der Waals surface area contributed by atoms with E-state index >= 15 is 0 Å². The van der Waals surface area contributed by atoms with Crippen LogP contribution in [0.15, 0.2) is 12.1 Å². The van der Waals surface area contributed by atoms with Gasteiger partial charge in [-0.3, -0.25) is 4.79 Å². The van der Waals surface area contributed by atoms with Crippen LogP contribution in [-0.2, 0) is 4.74 Å². The molecular formula is C13H17NO2S. The molecule has 4 heteroatoms. The summed E-state index contributed by atoms with van der Waals surface area (Å²) in [7, 11) is 0. The van der Waals surface area contributed by atoms with Crippen LogP contribution in [0, 0.1) is 12.8 Å². The topological polar surface area (TPSA) is 29.5 Å². The van der Waals surface area contributed by atoms with E-state index in [2.05, 4.69) is 6.92 Å². The zero-order valence-electron chi connectivity index (χ0n) is 10.2. The third-order valence-corrected chi connectivity index (χ3v) is 4.65. The van der Waals surface area contributed by atoms with Gasteiger partial charge in [-0.05, 0) is 32.4 Å². The van der Waals surface area contributed by atoms with Gasteiger partial charge in [-0.2, -0.15) is 0 Å². The first kappa shape index (κ1) is 11.2. The molecule has 0 N–H and O–H groups in total. The van der Waals surface area contributed by atoms with Gasteiger partial charge in [-0.15, -0.1) is 11.3 Å². The number of fused-ring (bicyclic) bond motifs is 1. The normalized spacial score (nSPS) is 31.9. The van der Waals surface area contributed by atoms with Crippen molar-refractivity contribution in [3.8, 4) is 0 Å². The molecule has 0 aromatic carbocycles. The van der Waals surface area contributed by atoms with Gasteiger partial charge in [-0.1, -0.05) is 0 Å². The van der Waals surface area contributed by atoms with E-state index in [1.165, 1.54) is 4.88 Å². The molecule has 3 atom stereocenters. The number of carbonyl (C=O) groups excluding carboxylic acids is 1. The average molecular weight is 251 g/mol. The molecular weight excluding hydrogens is 234 g/mol. The monoisotopic (exact) mass is 251 g/mol. The lowest BCUT2D eigenvalue weighted by molar-refractivity contribution is 0.0444. The van der Waals surface area contributed by atoms with E-state index in [9.17, 15) is 4.79 Å². The first-order valence-corrected chi connectivity index (χ1v) is 6.96. The second kappa shape index (κ2) is 4.10. The van der Waals surface area contributed by atoms with E-state index in [-0.39, 0.29) is 12.0 Å². The number of ether oxygens (including phenoxy) is 1. The van der Waals surface area contributed by atoms with Gasteiger partial charge in [0.1, 0.15) is 0 Å². The number of hydrogen-bond donors (Lipinski definition) is 0. The van der Waals surface area contributed by atoms with Crippen molar-refractivity contribution in [2.45, 2.75) is 32.5 Å². The van der Waals surface area contributed by atoms with Crippen molar-refractivity contribution in [1.29, 1.82) is 0 Å². The van der Waals surface area contributed by atoms with E-state index in [0.717, 1.165) is 24.4 Å². The predicted molar refractivity (Wildman–Crippen MR) is 67.4 cm³/mol. The van der Waals surface area contributed by atoms with Crippen LogP contribution >= 0.6 is 11.3 Å². The van der Waals surface area contributed by atoms with Crippen LogP contribution in [0.5, 0.6) is 0 Å². The summed E-state index contributed by atoms with van der Waals surface area (Å²) in [4.78, 5) is 16.3. The summed E-state index contributed by atoms with van der Waals surface area (Å²) < 4.78 is 5.82. The van der Waals surface area contributed by atoms with Gasteiger partial charge in [0.25, 0.3) is 5.91 Å². The maximum absolute atomic E-state index is 12.3. The highest BCUT2D eigenvalue weighted by atomic mass is 32.1. The Morgan fingerprint density at radius 3 is 2.94 bits per heavy atom. The number of nitrogens with zero attached hydrogens (tertiary/aromatic N) is 1. The smallest absolute Gasteiger partial charge is 0.264 e. The van der Waals surface area contributed by atoms with Crippen molar-refractivity contribution < 1.29 is 9.53 Å². The summed E-state index contributed by atoms with van der Waals surface area (Å²) in [5.41, 5.74) is 0. The van der Waals surface area contributed by atoms with E-state index in [4.69, 9.17) is 4.74 Å². The Morgan fingerprint density at radius 1 is 1.47 bits per heavy atom. The third kappa shape index (κ3) is 2.00. The van der Waals surface area contributed by atoms with Gasteiger partial charge in [0.15, 0.2) is 0 Å². The molecule has 92 valence electrons. The second-order valence-electron chi connectivity index (χ2n) is 5.10. The van der Waals surface area contributed by atoms with Gasteiger partial charge >= 0.3 is 0 Å². The van der Waals surface area contributed by atoms with E-state index in [1.807, 2.05) is 24.0 Å². The van der Waals surface area contributed by atoms with Crippen LogP contribution in [-0.4, -0.2) is 36.1 Å². The largest absolute Gasteiger partial charge is 0.373 e. The minimum atomic E-state index is 0.175. The van der Waals surface area contributed by atoms with Crippen LogP contribution in [0.4, 0.5) is 0 Å². The summed E-state index contributed by atoms with van der Waals surface area (Å²) >= 11 is 1.58. The fourth-order valence-electron chi connectivity index (χ4n) is 2.87. The first-order valence-electron chi connectivity index (χ1n) is 6.14. The van der Waals surface area contributed by atoms with Crippen molar-refractivity contribution in [3.63, 3.8) is 0 Å². The molecule has 3 heterocycles. The molecule has 2 aliphatic rings. The Kier molecular flexibility index (Phi) is 2.71. The second-order valence-corrected chi connectivity index (χ2v) is 6.39. The molecule has 2 saturated heterocycles. The van der Waals surface area contributed by atoms with Gasteiger partial charge < -0.3 is 9.64 Å². The molecule has 0 bridgehead atoms. The number of likely N-dealkylation sites (tertiary alicyclic amines) is 1. The molecule has 0 unspecified atom stereocenters. The zero-order valence-corrected chi connectivity index (χ0v) is 11.0. The Labute approximate surface area is 105 Å². The van der Waals surface area contributed by atoms with Gasteiger partial charge in [0.2, 0.25) is 0 Å². The number of aryl methyl sites for hydroxylation is 1. The highest BCUT2D eigenvalue weighted by Crippen LogP contribution is 2.33. The van der Waals surface area contributed by atoms with Crippen molar-refractivity contribution in [2.24, 2.45) is 5.92 Å². The summed E-state index contributed by atoms with van der Waals surface area (Å²) in [6.07, 6.45) is 1.74. The molecule has 3 nitrogen and oxygen atoms in total. The fourth-order valence-corrected chi connectivity index (χ4v) is 3.71. The van der Waals surface area contributed by atoms with Crippen molar-refractivity contribution in [3.05, 3.63) is 21.9 Å². The molecule has 1 aromatic heterocycles. The highest BCUT2D eigenvalue weighted by Gasteiger charge is 2.42. The highest BCUT2D eigenvalue weighted by molar-refractivity contribution is 7.13. The lowest BCUT2D eigenvalue weighted by atomic mass is 10.0. The predicted octanol–water partition coefficient (Wildman–Crippen LogP) is 2.31. The molecule has 0 saturated carbocycles. The number of thiophene rings is 1. The van der Waals surface area contributed by atoms with Crippen molar-refractivity contribution in [1.82, 2.24) is 4.90 Å².